The molecule has 14 heteroatoms. The molecule has 1 amide bonds. The number of esters is 1. The number of alkyl carbamates (subject to hydrolysis) is 1. The van der Waals surface area contributed by atoms with Crippen LogP contribution in [0.4, 0.5) is 9.59 Å². The fourth-order valence-corrected chi connectivity index (χ4v) is 10.5. The van der Waals surface area contributed by atoms with Crippen molar-refractivity contribution in [1.29, 1.82) is 5.41 Å². The maximum absolute atomic E-state index is 12.8. The number of carbonyl (C=O) groups excluding carboxylic acids is 3. The van der Waals surface area contributed by atoms with Crippen molar-refractivity contribution in [2.24, 2.45) is 17.8 Å². The predicted molar refractivity (Wildman–Crippen MR) is 223 cm³/mol. The van der Waals surface area contributed by atoms with Crippen molar-refractivity contribution < 1.29 is 46.3 Å². The van der Waals surface area contributed by atoms with E-state index < -0.39 is 30.8 Å². The third-order valence-corrected chi connectivity index (χ3v) is 14.6. The van der Waals surface area contributed by atoms with E-state index in [-0.39, 0.29) is 17.8 Å². The van der Waals surface area contributed by atoms with Gasteiger partial charge in [-0.1, -0.05) is 77.6 Å². The molecule has 1 rings (SSSR count). The van der Waals surface area contributed by atoms with Gasteiger partial charge in [0, 0.05) is 38.8 Å². The summed E-state index contributed by atoms with van der Waals surface area (Å²) >= 11 is 0. The molecular formula is C41H80N2O10Si2. The van der Waals surface area contributed by atoms with Gasteiger partial charge in [-0.2, -0.15) is 0 Å². The molecule has 0 saturated heterocycles. The quantitative estimate of drug-likeness (QED) is 0.0206. The van der Waals surface area contributed by atoms with Crippen molar-refractivity contribution in [2.45, 2.75) is 175 Å². The highest BCUT2D eigenvalue weighted by Gasteiger charge is 2.39. The Balaban J connectivity index is 2.64. The molecule has 0 bridgehead atoms. The lowest BCUT2D eigenvalue weighted by Crippen LogP contribution is -2.46. The van der Waals surface area contributed by atoms with E-state index in [2.05, 4.69) is 12.2 Å². The molecule has 1 fully saturated rings. The third-order valence-electron chi connectivity index (χ3n) is 10.3. The van der Waals surface area contributed by atoms with Crippen LogP contribution < -0.4 is 5.32 Å². The van der Waals surface area contributed by atoms with Gasteiger partial charge >= 0.3 is 27.0 Å². The molecule has 0 heterocycles. The Hall–Kier alpha value is -2.01. The Morgan fingerprint density at radius 2 is 1.35 bits per heavy atom. The van der Waals surface area contributed by atoms with Crippen LogP contribution in [-0.2, 0) is 36.7 Å². The second-order valence-electron chi connectivity index (χ2n) is 15.0. The normalized spacial score (nSPS) is 14.8. The van der Waals surface area contributed by atoms with Crippen LogP contribution in [0.5, 0.6) is 0 Å². The van der Waals surface area contributed by atoms with E-state index in [0.29, 0.717) is 77.4 Å². The number of hydrogen-bond donors (Lipinski definition) is 2. The third kappa shape index (κ3) is 28.1. The van der Waals surface area contributed by atoms with E-state index in [1.54, 1.807) is 0 Å². The van der Waals surface area contributed by atoms with Crippen molar-refractivity contribution >= 4 is 43.0 Å². The molecule has 1 aliphatic rings. The second kappa shape index (κ2) is 35.2. The molecule has 55 heavy (non-hydrogen) atoms. The second-order valence-corrected chi connectivity index (χ2v) is 19.2. The summed E-state index contributed by atoms with van der Waals surface area (Å²) in [6, 6.07) is 1.37. The average molecular weight is 817 g/mol. The lowest BCUT2D eigenvalue weighted by atomic mass is 9.89. The van der Waals surface area contributed by atoms with Crippen LogP contribution in [0.1, 0.15) is 163 Å². The van der Waals surface area contributed by atoms with Gasteiger partial charge in [-0.25, -0.2) is 9.59 Å². The van der Waals surface area contributed by atoms with E-state index in [1.807, 2.05) is 20.8 Å². The van der Waals surface area contributed by atoms with E-state index >= 15 is 0 Å². The molecule has 0 aromatic carbocycles. The predicted octanol–water partition coefficient (Wildman–Crippen LogP) is 9.68. The fourth-order valence-electron chi connectivity index (χ4n) is 7.13. The lowest BCUT2D eigenvalue weighted by molar-refractivity contribution is -0.145. The molecule has 2 atom stereocenters. The zero-order valence-corrected chi connectivity index (χ0v) is 37.7. The van der Waals surface area contributed by atoms with Crippen LogP contribution in [0.15, 0.2) is 0 Å². The Kier molecular flexibility index (Phi) is 32.6. The van der Waals surface area contributed by atoms with Crippen LogP contribution in [0.3, 0.4) is 0 Å². The van der Waals surface area contributed by atoms with Crippen LogP contribution in [0.25, 0.3) is 0 Å². The smallest absolute Gasteiger partial charge is 0.495 e. The summed E-state index contributed by atoms with van der Waals surface area (Å²) in [6.07, 6.45) is 21.5. The van der Waals surface area contributed by atoms with Gasteiger partial charge in [0.15, 0.2) is 0 Å². The van der Waals surface area contributed by atoms with Crippen LogP contribution in [0, 0.1) is 23.2 Å². The molecule has 12 nitrogen and oxygen atoms in total. The molecule has 1 saturated carbocycles. The summed E-state index contributed by atoms with van der Waals surface area (Å²) in [5.41, 5.74) is 0. The molecule has 1 aliphatic carbocycles. The molecule has 0 radical (unpaired) electrons. The van der Waals surface area contributed by atoms with E-state index in [1.165, 1.54) is 44.7 Å². The monoisotopic (exact) mass is 817 g/mol. The van der Waals surface area contributed by atoms with Crippen LogP contribution >= 0.6 is 0 Å². The summed E-state index contributed by atoms with van der Waals surface area (Å²) in [7, 11) is -3.79. The maximum Gasteiger partial charge on any atom is 0.500 e. The Bertz CT molecular complexity index is 956. The molecule has 0 spiro atoms. The van der Waals surface area contributed by atoms with Crippen molar-refractivity contribution in [1.82, 2.24) is 5.32 Å². The highest BCUT2D eigenvalue weighted by molar-refractivity contribution is 6.60. The molecule has 0 aromatic heterocycles. The lowest BCUT2D eigenvalue weighted by Gasteiger charge is -2.28. The highest BCUT2D eigenvalue weighted by atomic mass is 28.4. The molecule has 0 aromatic rings. The molecule has 2 N–H and O–H groups in total. The SMILES string of the molecule is CCCCCCC(CCC(CCCCCCCC(=O)OCC1CCCCC1)COC(=O)NCCC[Si](OCC)(OCC)OCC)COC(=O)O[SiH2]CCC=N. The standard InChI is InChI=1S/C41H80N2O10Si2/c1-5-9-10-15-24-38(35-49-41(46)53-54-31-20-29-42)28-27-37(25-16-12-11-13-19-26-39(44)47-33-36-22-17-14-18-23-36)34-48-40(45)43-30-21-32-55(50-6-2,51-7-3)52-8-4/h29,36-38,42H,5-28,30-35,54H2,1-4H3,(H,43,45). The average Bonchev–Trinajstić information content (AvgIpc) is 3.18. The van der Waals surface area contributed by atoms with Crippen molar-refractivity contribution in [3.63, 3.8) is 0 Å². The zero-order chi connectivity index (χ0) is 40.2. The van der Waals surface area contributed by atoms with E-state index in [9.17, 15) is 14.4 Å². The van der Waals surface area contributed by atoms with Gasteiger partial charge in [0.2, 0.25) is 9.76 Å². The van der Waals surface area contributed by atoms with Crippen molar-refractivity contribution in [2.75, 3.05) is 46.2 Å². The first-order valence-electron chi connectivity index (χ1n) is 22.1. The minimum Gasteiger partial charge on any atom is -0.495 e. The number of hydrogen-bond acceptors (Lipinski definition) is 11. The number of amides is 1. The fraction of sp³-hybridized carbons (Fsp3) is 0.902. The van der Waals surface area contributed by atoms with Gasteiger partial charge in [0.05, 0.1) is 19.8 Å². The topological polar surface area (TPSA) is 152 Å². The van der Waals surface area contributed by atoms with Gasteiger partial charge in [-0.15, -0.1) is 0 Å². The number of rotatable bonds is 36. The largest absolute Gasteiger partial charge is 0.500 e. The number of nitrogens with one attached hydrogen (secondary N) is 2. The van der Waals surface area contributed by atoms with Gasteiger partial charge in [0.1, 0.15) is 0 Å². The first-order chi connectivity index (χ1) is 26.8. The van der Waals surface area contributed by atoms with E-state index in [4.69, 9.17) is 37.3 Å². The summed E-state index contributed by atoms with van der Waals surface area (Å²) in [5, 5.41) is 10.1. The molecule has 0 aliphatic heterocycles. The summed E-state index contributed by atoms with van der Waals surface area (Å²) in [4.78, 5) is 37.3. The van der Waals surface area contributed by atoms with E-state index in [0.717, 1.165) is 83.1 Å². The van der Waals surface area contributed by atoms with Gasteiger partial charge in [-0.05, 0) is 109 Å². The minimum absolute atomic E-state index is 0.0632. The van der Waals surface area contributed by atoms with Crippen molar-refractivity contribution in [3.05, 3.63) is 0 Å². The number of carbonyl (C=O) groups is 3. The van der Waals surface area contributed by atoms with Crippen molar-refractivity contribution in [3.8, 4) is 0 Å². The summed E-state index contributed by atoms with van der Waals surface area (Å²) in [5.74, 6) is 0.886. The number of unbranched alkanes of at least 4 members (excludes halogenated alkanes) is 7. The summed E-state index contributed by atoms with van der Waals surface area (Å²) in [6.45, 7) is 11.2. The highest BCUT2D eigenvalue weighted by Crippen LogP contribution is 2.26. The zero-order valence-electron chi connectivity index (χ0n) is 35.3. The molecule has 322 valence electrons. The van der Waals surface area contributed by atoms with Gasteiger partial charge in [-0.3, -0.25) is 4.79 Å². The Labute approximate surface area is 337 Å². The van der Waals surface area contributed by atoms with Gasteiger partial charge in [0.25, 0.3) is 0 Å². The first-order valence-corrected chi connectivity index (χ1v) is 25.6. The Morgan fingerprint density at radius 1 is 0.745 bits per heavy atom. The summed E-state index contributed by atoms with van der Waals surface area (Å²) < 4.78 is 40.0. The number of ether oxygens (including phenoxy) is 3. The maximum atomic E-state index is 12.8. The van der Waals surface area contributed by atoms with Crippen LogP contribution in [-0.4, -0.2) is 89.2 Å². The molecule has 2 unspecified atom stereocenters. The van der Waals surface area contributed by atoms with Crippen LogP contribution in [0.2, 0.25) is 12.1 Å². The minimum atomic E-state index is -2.77. The van der Waals surface area contributed by atoms with Gasteiger partial charge < -0.3 is 42.6 Å². The Morgan fingerprint density at radius 3 is 1.96 bits per heavy atom. The first kappa shape index (κ1) is 51.0. The molecular weight excluding hydrogens is 737 g/mol.